The highest BCUT2D eigenvalue weighted by Crippen LogP contribution is 1.98. The molecule has 6 heavy (non-hydrogen) atoms. The van der Waals surface area contributed by atoms with Gasteiger partial charge in [0, 0.05) is 0 Å². The van der Waals surface area contributed by atoms with Crippen LogP contribution in [0, 0.1) is 0 Å². The van der Waals surface area contributed by atoms with Crippen LogP contribution in [-0.4, -0.2) is 23.1 Å². The Morgan fingerprint density at radius 2 is 1.83 bits per heavy atom. The van der Waals surface area contributed by atoms with Gasteiger partial charge < -0.3 is 0 Å². The molecule has 0 amide bonds. The van der Waals surface area contributed by atoms with Crippen molar-refractivity contribution < 1.29 is 0 Å². The van der Waals surface area contributed by atoms with E-state index in [0.29, 0.717) is 0 Å². The lowest BCUT2D eigenvalue weighted by Crippen LogP contribution is -1.44. The van der Waals surface area contributed by atoms with Crippen LogP contribution in [0.3, 0.4) is 0 Å². The Labute approximate surface area is 63.3 Å². The van der Waals surface area contributed by atoms with Gasteiger partial charge in [-0.05, 0) is 18.3 Å². The van der Waals surface area contributed by atoms with Crippen molar-refractivity contribution >= 4 is 39.0 Å². The summed E-state index contributed by atoms with van der Waals surface area (Å²) in [5.74, 6) is 0. The average Bonchev–Trinajstić information content (AvgIpc) is 1.38. The third kappa shape index (κ3) is 8.88. The molecule has 0 radical (unpaired) electrons. The van der Waals surface area contributed by atoms with E-state index in [1.165, 1.54) is 4.48 Å². The van der Waals surface area contributed by atoms with E-state index in [-0.39, 0.29) is 23.1 Å². The normalized spacial score (nSPS) is 10.2. The zero-order valence-corrected chi connectivity index (χ0v) is 5.04. The minimum atomic E-state index is 0. The molecule has 0 aromatic rings. The first-order chi connectivity index (χ1) is 2.27. The van der Waals surface area contributed by atoms with Crippen LogP contribution >= 0.6 is 15.9 Å². The van der Waals surface area contributed by atoms with Crippen LogP contribution < -0.4 is 0 Å². The van der Waals surface area contributed by atoms with Crippen LogP contribution in [-0.2, 0) is 0 Å². The molecule has 0 spiro atoms. The monoisotopic (exact) mass is 160 g/mol. The molecule has 0 unspecified atom stereocenters. The first kappa shape index (κ1) is 10.1. The third-order valence-corrected chi connectivity index (χ3v) is 0.856. The quantitative estimate of drug-likeness (QED) is 0.471. The Kier molecular flexibility index (Phi) is 10.0. The van der Waals surface area contributed by atoms with E-state index in [0.717, 1.165) is 0 Å². The molecule has 0 nitrogen and oxygen atoms in total. The van der Waals surface area contributed by atoms with Crippen molar-refractivity contribution in [3.8, 4) is 0 Å². The van der Waals surface area contributed by atoms with Gasteiger partial charge in [0.15, 0.2) is 0 Å². The predicted molar refractivity (Wildman–Crippen MR) is 36.9 cm³/mol. The Hall–Kier alpha value is 0.986. The highest BCUT2D eigenvalue weighted by Gasteiger charge is 1.63. The highest BCUT2D eigenvalue weighted by atomic mass is 79.9. The van der Waals surface area contributed by atoms with Crippen LogP contribution in [0.1, 0.15) is 13.8 Å². The highest BCUT2D eigenvalue weighted by molar-refractivity contribution is 9.11. The van der Waals surface area contributed by atoms with Gasteiger partial charge in [-0.15, -0.1) is 0 Å². The van der Waals surface area contributed by atoms with Gasteiger partial charge in [0.25, 0.3) is 0 Å². The maximum atomic E-state index is 3.23. The Morgan fingerprint density at radius 1 is 1.67 bits per heavy atom. The smallest absolute Gasteiger partial charge is 0.0778 e. The maximum absolute atomic E-state index is 3.23. The molecule has 0 rings (SSSR count). The van der Waals surface area contributed by atoms with Gasteiger partial charge in [-0.25, -0.2) is 0 Å². The fourth-order valence-corrected chi connectivity index (χ4v) is 0. The predicted octanol–water partition coefficient (Wildman–Crippen LogP) is 1.39. The fraction of sp³-hybridized carbons (Fsp3) is 0.500. The van der Waals surface area contributed by atoms with Crippen LogP contribution in [0.15, 0.2) is 10.6 Å². The van der Waals surface area contributed by atoms with E-state index in [2.05, 4.69) is 15.9 Å². The summed E-state index contributed by atoms with van der Waals surface area (Å²) in [5, 5.41) is 0. The van der Waals surface area contributed by atoms with E-state index < -0.39 is 0 Å². The van der Waals surface area contributed by atoms with Crippen molar-refractivity contribution in [1.29, 1.82) is 0 Å². The van der Waals surface area contributed by atoms with Gasteiger partial charge in [0.1, 0.15) is 0 Å². The molecule has 0 aliphatic heterocycles. The minimum Gasteiger partial charge on any atom is -0.0778 e. The van der Waals surface area contributed by atoms with E-state index in [9.17, 15) is 0 Å². The van der Waals surface area contributed by atoms with Crippen molar-refractivity contribution in [2.45, 2.75) is 13.8 Å². The van der Waals surface area contributed by atoms with Crippen molar-refractivity contribution in [2.75, 3.05) is 0 Å². The van der Waals surface area contributed by atoms with Gasteiger partial charge >= 0.3 is 23.1 Å². The number of rotatable bonds is 0. The van der Waals surface area contributed by atoms with E-state index in [4.69, 9.17) is 0 Å². The standard InChI is InChI=1S/C4H7Br.Mg.2H/c1-3-4(2)5;;;/h3H,1-2H3;;;/b4-3-;;;. The Balaban J connectivity index is 0. The molecule has 0 N–H and O–H groups in total. The fourth-order valence-electron chi connectivity index (χ4n) is 0. The second-order valence-electron chi connectivity index (χ2n) is 0.875. The van der Waals surface area contributed by atoms with Crippen molar-refractivity contribution in [3.05, 3.63) is 10.6 Å². The van der Waals surface area contributed by atoms with Gasteiger partial charge in [-0.2, -0.15) is 0 Å². The lowest BCUT2D eigenvalue weighted by atomic mass is 10.6. The van der Waals surface area contributed by atoms with Crippen LogP contribution in [0.4, 0.5) is 0 Å². The van der Waals surface area contributed by atoms with E-state index >= 15 is 0 Å². The number of hydrogen-bond donors (Lipinski definition) is 0. The summed E-state index contributed by atoms with van der Waals surface area (Å²) in [6.45, 7) is 3.99. The second kappa shape index (κ2) is 5.99. The summed E-state index contributed by atoms with van der Waals surface area (Å²) in [7, 11) is 0. The van der Waals surface area contributed by atoms with Gasteiger partial charge in [0.05, 0.1) is 0 Å². The summed E-state index contributed by atoms with van der Waals surface area (Å²) in [6.07, 6.45) is 2.00. The number of halogens is 1. The molecule has 0 fully saturated rings. The number of allylic oxidation sites excluding steroid dienone is 2. The molecule has 0 saturated carbocycles. The van der Waals surface area contributed by atoms with Gasteiger partial charge in [-0.1, -0.05) is 22.0 Å². The molecule has 34 valence electrons. The van der Waals surface area contributed by atoms with Crippen molar-refractivity contribution in [2.24, 2.45) is 0 Å². The Morgan fingerprint density at radius 3 is 1.83 bits per heavy atom. The third-order valence-electron chi connectivity index (χ3n) is 0.398. The summed E-state index contributed by atoms with van der Waals surface area (Å²) >= 11 is 3.23. The summed E-state index contributed by atoms with van der Waals surface area (Å²) in [4.78, 5) is 0. The molecule has 0 aliphatic rings. The molecule has 0 aromatic heterocycles. The zero-order chi connectivity index (χ0) is 4.28. The average molecular weight is 161 g/mol. The first-order valence-electron chi connectivity index (χ1n) is 1.56. The first-order valence-corrected chi connectivity index (χ1v) is 2.35. The topological polar surface area (TPSA) is 0 Å². The molecule has 0 heterocycles. The van der Waals surface area contributed by atoms with Crippen LogP contribution in [0.2, 0.25) is 0 Å². The molecular formula is C4H9BrMg. The van der Waals surface area contributed by atoms with Crippen molar-refractivity contribution in [3.63, 3.8) is 0 Å². The van der Waals surface area contributed by atoms with Crippen LogP contribution in [0.25, 0.3) is 0 Å². The van der Waals surface area contributed by atoms with E-state index in [1.54, 1.807) is 0 Å². The largest absolute Gasteiger partial charge is 0.316 e. The number of hydrogen-bond acceptors (Lipinski definition) is 0. The molecule has 0 aliphatic carbocycles. The maximum Gasteiger partial charge on any atom is 0.316 e. The van der Waals surface area contributed by atoms with Gasteiger partial charge in [-0.3, -0.25) is 0 Å². The molecule has 0 atom stereocenters. The SMILES string of the molecule is C/C=C(/C)Br.[MgH2]. The lowest BCUT2D eigenvalue weighted by molar-refractivity contribution is 1.61. The molecule has 2 heteroatoms. The summed E-state index contributed by atoms with van der Waals surface area (Å²) in [6, 6.07) is 0. The molecule has 0 bridgehead atoms. The van der Waals surface area contributed by atoms with Crippen LogP contribution in [0.5, 0.6) is 0 Å². The zero-order valence-electron chi connectivity index (χ0n) is 3.46. The Bertz CT molecular complexity index is 45.5. The lowest BCUT2D eigenvalue weighted by Gasteiger charge is -1.70. The summed E-state index contributed by atoms with van der Waals surface area (Å²) < 4.78 is 1.19. The minimum absolute atomic E-state index is 0. The molecular weight excluding hydrogens is 152 g/mol. The van der Waals surface area contributed by atoms with E-state index in [1.807, 2.05) is 19.9 Å². The molecule has 0 saturated heterocycles. The van der Waals surface area contributed by atoms with Crippen molar-refractivity contribution in [1.82, 2.24) is 0 Å². The second-order valence-corrected chi connectivity index (χ2v) is 2.13. The van der Waals surface area contributed by atoms with Gasteiger partial charge in [0.2, 0.25) is 0 Å². The molecule has 0 aromatic carbocycles. The summed E-state index contributed by atoms with van der Waals surface area (Å²) in [5.41, 5.74) is 0.